The molecule has 26 heavy (non-hydrogen) atoms. The summed E-state index contributed by atoms with van der Waals surface area (Å²) in [5.74, 6) is 0.745. The van der Waals surface area contributed by atoms with Gasteiger partial charge in [-0.15, -0.1) is 0 Å². The summed E-state index contributed by atoms with van der Waals surface area (Å²) in [6.07, 6.45) is 1.11. The zero-order valence-corrected chi connectivity index (χ0v) is 15.7. The van der Waals surface area contributed by atoms with Crippen LogP contribution in [-0.4, -0.2) is 33.7 Å². The number of hydrogen-bond acceptors (Lipinski definition) is 4. The van der Waals surface area contributed by atoms with Gasteiger partial charge in [0.15, 0.2) is 0 Å². The van der Waals surface area contributed by atoms with Gasteiger partial charge in [0.25, 0.3) is 5.56 Å². The molecule has 1 amide bonds. The van der Waals surface area contributed by atoms with Crippen molar-refractivity contribution in [3.05, 3.63) is 51.9 Å². The van der Waals surface area contributed by atoms with E-state index in [2.05, 4.69) is 24.1 Å². The minimum atomic E-state index is -0.274. The number of amides is 1. The first-order valence-corrected chi connectivity index (χ1v) is 8.97. The molecule has 2 aromatic rings. The van der Waals surface area contributed by atoms with E-state index in [0.29, 0.717) is 29.5 Å². The van der Waals surface area contributed by atoms with Crippen molar-refractivity contribution < 1.29 is 9.90 Å². The van der Waals surface area contributed by atoms with Crippen molar-refractivity contribution in [2.75, 3.05) is 13.2 Å². The number of aromatic nitrogens is 2. The van der Waals surface area contributed by atoms with E-state index in [9.17, 15) is 14.7 Å². The molecule has 0 aliphatic heterocycles. The molecule has 6 heteroatoms. The summed E-state index contributed by atoms with van der Waals surface area (Å²) in [6, 6.07) is 9.34. The van der Waals surface area contributed by atoms with Gasteiger partial charge in [-0.05, 0) is 19.3 Å². The summed E-state index contributed by atoms with van der Waals surface area (Å²) in [4.78, 5) is 29.8. The van der Waals surface area contributed by atoms with E-state index in [4.69, 9.17) is 0 Å². The highest BCUT2D eigenvalue weighted by Gasteiger charge is 2.17. The lowest BCUT2D eigenvalue weighted by molar-refractivity contribution is -0.121. The van der Waals surface area contributed by atoms with Crippen LogP contribution < -0.4 is 10.9 Å². The maximum Gasteiger partial charge on any atom is 0.257 e. The molecule has 0 spiro atoms. The minimum absolute atomic E-state index is 0.0904. The van der Waals surface area contributed by atoms with E-state index in [1.165, 1.54) is 4.57 Å². The second-order valence-electron chi connectivity index (χ2n) is 6.76. The van der Waals surface area contributed by atoms with Crippen LogP contribution in [0.3, 0.4) is 0 Å². The van der Waals surface area contributed by atoms with E-state index in [1.807, 2.05) is 30.3 Å². The fourth-order valence-corrected chi connectivity index (χ4v) is 2.75. The number of nitrogens with one attached hydrogen (secondary N) is 1. The Labute approximate surface area is 153 Å². The normalized spacial score (nSPS) is 11.0. The van der Waals surface area contributed by atoms with Crippen LogP contribution in [0.15, 0.2) is 35.1 Å². The fourth-order valence-electron chi connectivity index (χ4n) is 2.75. The Bertz CT molecular complexity index is 798. The van der Waals surface area contributed by atoms with Gasteiger partial charge in [0.05, 0.1) is 0 Å². The molecule has 1 heterocycles. The van der Waals surface area contributed by atoms with E-state index in [0.717, 1.165) is 12.0 Å². The van der Waals surface area contributed by atoms with Crippen molar-refractivity contribution in [3.8, 4) is 11.4 Å². The van der Waals surface area contributed by atoms with Crippen LogP contribution in [0.2, 0.25) is 0 Å². The summed E-state index contributed by atoms with van der Waals surface area (Å²) in [5, 5.41) is 12.1. The van der Waals surface area contributed by atoms with Gasteiger partial charge in [0.2, 0.25) is 5.91 Å². The van der Waals surface area contributed by atoms with Crippen molar-refractivity contribution in [2.24, 2.45) is 5.92 Å². The predicted molar refractivity (Wildman–Crippen MR) is 102 cm³/mol. The highest BCUT2D eigenvalue weighted by Crippen LogP contribution is 2.17. The smallest absolute Gasteiger partial charge is 0.257 e. The Morgan fingerprint density at radius 1 is 1.27 bits per heavy atom. The van der Waals surface area contributed by atoms with Gasteiger partial charge in [0.1, 0.15) is 12.4 Å². The molecule has 6 nitrogen and oxygen atoms in total. The molecule has 2 N–H and O–H groups in total. The van der Waals surface area contributed by atoms with Gasteiger partial charge < -0.3 is 10.4 Å². The van der Waals surface area contributed by atoms with Crippen LogP contribution in [0.5, 0.6) is 0 Å². The third kappa shape index (κ3) is 5.02. The monoisotopic (exact) mass is 357 g/mol. The second-order valence-corrected chi connectivity index (χ2v) is 6.76. The van der Waals surface area contributed by atoms with Gasteiger partial charge >= 0.3 is 0 Å². The summed E-state index contributed by atoms with van der Waals surface area (Å²) < 4.78 is 1.40. The molecule has 0 saturated carbocycles. The van der Waals surface area contributed by atoms with Gasteiger partial charge in [-0.2, -0.15) is 0 Å². The lowest BCUT2D eigenvalue weighted by Gasteiger charge is -2.16. The van der Waals surface area contributed by atoms with Gasteiger partial charge in [0, 0.05) is 36.4 Å². The molecule has 140 valence electrons. The Hall–Kier alpha value is -2.47. The minimum Gasteiger partial charge on any atom is -0.396 e. The largest absolute Gasteiger partial charge is 0.396 e. The molecule has 0 saturated heterocycles. The molecule has 2 rings (SSSR count). The summed E-state index contributed by atoms with van der Waals surface area (Å²) in [6.45, 7) is 6.29. The molecule has 1 aromatic carbocycles. The first kappa shape index (κ1) is 19.8. The van der Waals surface area contributed by atoms with Crippen molar-refractivity contribution >= 4 is 5.91 Å². The van der Waals surface area contributed by atoms with Crippen molar-refractivity contribution in [1.82, 2.24) is 14.9 Å². The number of aliphatic hydroxyl groups excluding tert-OH is 1. The van der Waals surface area contributed by atoms with E-state index in [-0.39, 0.29) is 31.0 Å². The molecular weight excluding hydrogens is 330 g/mol. The van der Waals surface area contributed by atoms with E-state index in [1.54, 1.807) is 6.92 Å². The molecule has 0 bridgehead atoms. The lowest BCUT2D eigenvalue weighted by Crippen LogP contribution is -2.36. The van der Waals surface area contributed by atoms with E-state index >= 15 is 0 Å². The van der Waals surface area contributed by atoms with Crippen LogP contribution >= 0.6 is 0 Å². The molecule has 0 aliphatic carbocycles. The zero-order chi connectivity index (χ0) is 19.1. The van der Waals surface area contributed by atoms with Crippen LogP contribution in [0, 0.1) is 12.8 Å². The quantitative estimate of drug-likeness (QED) is 0.756. The number of benzene rings is 1. The molecule has 0 aliphatic rings. The van der Waals surface area contributed by atoms with Crippen LogP contribution in [0.4, 0.5) is 0 Å². The van der Waals surface area contributed by atoms with Crippen molar-refractivity contribution in [2.45, 2.75) is 40.2 Å². The molecule has 0 radical (unpaired) electrons. The number of aliphatic hydroxyl groups is 1. The summed E-state index contributed by atoms with van der Waals surface area (Å²) >= 11 is 0. The van der Waals surface area contributed by atoms with Gasteiger partial charge in [-0.3, -0.25) is 14.2 Å². The van der Waals surface area contributed by atoms with Crippen molar-refractivity contribution in [3.63, 3.8) is 0 Å². The average Bonchev–Trinajstić information content (AvgIpc) is 2.61. The number of hydrogen-bond donors (Lipinski definition) is 2. The van der Waals surface area contributed by atoms with E-state index < -0.39 is 0 Å². The number of nitrogens with zero attached hydrogens (tertiary/aromatic N) is 2. The predicted octanol–water partition coefficient (Wildman–Crippen LogP) is 1.92. The molecule has 0 unspecified atom stereocenters. The number of aryl methyl sites for hydroxylation is 1. The molecule has 0 fully saturated rings. The van der Waals surface area contributed by atoms with Crippen LogP contribution in [0.25, 0.3) is 11.4 Å². The Balaban J connectivity index is 2.39. The van der Waals surface area contributed by atoms with Crippen LogP contribution in [-0.2, 0) is 17.8 Å². The number of carbonyl (C=O) groups is 1. The number of rotatable bonds is 8. The van der Waals surface area contributed by atoms with Gasteiger partial charge in [-0.1, -0.05) is 44.2 Å². The fraction of sp³-hybridized carbons (Fsp3) is 0.450. The summed E-state index contributed by atoms with van der Waals surface area (Å²) in [7, 11) is 0. The highest BCUT2D eigenvalue weighted by atomic mass is 16.3. The van der Waals surface area contributed by atoms with Crippen molar-refractivity contribution in [1.29, 1.82) is 0 Å². The topological polar surface area (TPSA) is 84.2 Å². The first-order chi connectivity index (χ1) is 12.4. The van der Waals surface area contributed by atoms with Gasteiger partial charge in [-0.25, -0.2) is 4.98 Å². The Morgan fingerprint density at radius 2 is 1.96 bits per heavy atom. The maximum absolute atomic E-state index is 12.9. The first-order valence-electron chi connectivity index (χ1n) is 8.97. The zero-order valence-electron chi connectivity index (χ0n) is 15.7. The number of carbonyl (C=O) groups excluding carboxylic acids is 1. The third-order valence-electron chi connectivity index (χ3n) is 4.21. The average molecular weight is 357 g/mol. The lowest BCUT2D eigenvalue weighted by atomic mass is 10.1. The molecule has 1 aromatic heterocycles. The maximum atomic E-state index is 12.9. The molecular formula is C20H27N3O3. The SMILES string of the molecule is Cc1nc(-c2ccccc2)n(CC(=O)NCCC(C)C)c(=O)c1CCO. The second kappa shape index (κ2) is 9.29. The molecule has 0 atom stereocenters. The highest BCUT2D eigenvalue weighted by molar-refractivity contribution is 5.76. The van der Waals surface area contributed by atoms with Crippen LogP contribution in [0.1, 0.15) is 31.5 Å². The Morgan fingerprint density at radius 3 is 2.58 bits per heavy atom. The third-order valence-corrected chi connectivity index (χ3v) is 4.21. The Kier molecular flexibility index (Phi) is 7.09. The standard InChI is InChI=1S/C20H27N3O3/c1-14(2)9-11-21-18(25)13-23-19(16-7-5-4-6-8-16)22-15(3)17(10-12-24)20(23)26/h4-8,14,24H,9-13H2,1-3H3,(H,21,25). The summed E-state index contributed by atoms with van der Waals surface area (Å²) in [5.41, 5.74) is 1.53.